The zero-order chi connectivity index (χ0) is 30.4. The summed E-state index contributed by atoms with van der Waals surface area (Å²) in [5.41, 5.74) is 1.36. The Morgan fingerprint density at radius 1 is 0.927 bits per heavy atom. The summed E-state index contributed by atoms with van der Waals surface area (Å²) >= 11 is 0. The van der Waals surface area contributed by atoms with Crippen LogP contribution in [-0.4, -0.2) is 52.0 Å². The van der Waals surface area contributed by atoms with Gasteiger partial charge in [-0.15, -0.1) is 0 Å². The van der Waals surface area contributed by atoms with Gasteiger partial charge in [-0.05, 0) is 68.0 Å². The molecule has 2 heterocycles. The fourth-order valence-corrected chi connectivity index (χ4v) is 5.23. The molecule has 0 aliphatic heterocycles. The number of carbonyl (C=O) groups is 2. The Morgan fingerprint density at radius 3 is 2.17 bits per heavy atom. The molecule has 2 aromatic heterocycles. The van der Waals surface area contributed by atoms with Crippen LogP contribution in [0.15, 0.2) is 71.9 Å². The van der Waals surface area contributed by atoms with Crippen molar-refractivity contribution in [1.82, 2.24) is 14.3 Å². The molecule has 41 heavy (non-hydrogen) atoms. The average molecular weight is 583 g/mol. The summed E-state index contributed by atoms with van der Waals surface area (Å²) in [5, 5.41) is 9.31. The van der Waals surface area contributed by atoms with Crippen LogP contribution in [-0.2, 0) is 38.1 Å². The predicted octanol–water partition coefficient (Wildman–Crippen LogP) is 5.38. The van der Waals surface area contributed by atoms with Crippen molar-refractivity contribution in [2.45, 2.75) is 77.1 Å². The molecule has 11 heteroatoms. The first-order chi connectivity index (χ1) is 19.1. The van der Waals surface area contributed by atoms with Gasteiger partial charge in [-0.2, -0.15) is 4.31 Å². The van der Waals surface area contributed by atoms with Crippen LogP contribution in [0.1, 0.15) is 64.8 Å². The Hall–Kier alpha value is -3.83. The molecule has 1 aromatic carbocycles. The lowest BCUT2D eigenvalue weighted by atomic mass is 9.82. The van der Waals surface area contributed by atoms with Crippen LogP contribution < -0.4 is 4.90 Å². The predicted molar refractivity (Wildman–Crippen MR) is 156 cm³/mol. The average Bonchev–Trinajstić information content (AvgIpc) is 2.91. The van der Waals surface area contributed by atoms with E-state index in [0.717, 1.165) is 22.4 Å². The van der Waals surface area contributed by atoms with E-state index in [4.69, 9.17) is 4.74 Å². The van der Waals surface area contributed by atoms with E-state index in [1.54, 1.807) is 45.0 Å². The van der Waals surface area contributed by atoms with E-state index in [0.29, 0.717) is 5.69 Å². The number of pyridine rings is 2. The molecule has 0 saturated heterocycles. The second-order valence-electron chi connectivity index (χ2n) is 11.3. The first-order valence-corrected chi connectivity index (χ1v) is 14.8. The zero-order valence-corrected chi connectivity index (χ0v) is 25.2. The van der Waals surface area contributed by atoms with Gasteiger partial charge < -0.3 is 9.84 Å². The van der Waals surface area contributed by atoms with E-state index in [9.17, 15) is 23.1 Å². The van der Waals surface area contributed by atoms with E-state index >= 15 is 0 Å². The fourth-order valence-electron chi connectivity index (χ4n) is 3.90. The number of hydrogen-bond donors (Lipinski definition) is 1. The van der Waals surface area contributed by atoms with Gasteiger partial charge >= 0.3 is 12.1 Å². The van der Waals surface area contributed by atoms with Gasteiger partial charge in [-0.3, -0.25) is 9.69 Å². The molecule has 0 aliphatic carbocycles. The molecule has 0 aliphatic rings. The van der Waals surface area contributed by atoms with E-state index < -0.39 is 34.2 Å². The van der Waals surface area contributed by atoms with E-state index in [1.807, 2.05) is 24.3 Å². The number of nitrogens with zero attached hydrogens (tertiary/aromatic N) is 4. The Morgan fingerprint density at radius 2 is 1.61 bits per heavy atom. The largest absolute Gasteiger partial charge is 0.480 e. The molecule has 0 atom stereocenters. The van der Waals surface area contributed by atoms with Crippen molar-refractivity contribution in [2.75, 3.05) is 11.4 Å². The Labute approximate surface area is 242 Å². The van der Waals surface area contributed by atoms with E-state index in [-0.39, 0.29) is 29.3 Å². The minimum atomic E-state index is -4.05. The van der Waals surface area contributed by atoms with Crippen LogP contribution in [0, 0.1) is 0 Å². The smallest absolute Gasteiger partial charge is 0.416 e. The highest BCUT2D eigenvalue weighted by Gasteiger charge is 2.29. The van der Waals surface area contributed by atoms with Crippen LogP contribution in [0.4, 0.5) is 10.6 Å². The fraction of sp³-hybridized carbons (Fsp3) is 0.400. The Balaban J connectivity index is 1.98. The number of aromatic nitrogens is 2. The van der Waals surface area contributed by atoms with Crippen molar-refractivity contribution in [3.8, 4) is 0 Å². The lowest BCUT2D eigenvalue weighted by molar-refractivity contribution is -0.135. The zero-order valence-electron chi connectivity index (χ0n) is 24.4. The van der Waals surface area contributed by atoms with Crippen LogP contribution in [0.3, 0.4) is 0 Å². The van der Waals surface area contributed by atoms with Crippen molar-refractivity contribution in [3.63, 3.8) is 0 Å². The number of hydrogen-bond acceptors (Lipinski definition) is 7. The number of aliphatic carboxylic acids is 1. The highest BCUT2D eigenvalue weighted by Crippen LogP contribution is 2.28. The minimum absolute atomic E-state index is 0.0153. The molecule has 1 N–H and O–H groups in total. The van der Waals surface area contributed by atoms with Gasteiger partial charge in [0.2, 0.25) is 0 Å². The summed E-state index contributed by atoms with van der Waals surface area (Å²) in [4.78, 5) is 33.8. The SMILES string of the molecule is CCC(C)(C)c1ccc(CN(Cc2cccc(N(CC(=O)O)C(=O)OC(C)(C)C)n2)S(=O)(=O)c2ccccn2)cc1. The summed E-state index contributed by atoms with van der Waals surface area (Å²) < 4.78 is 34.1. The molecule has 0 spiro atoms. The second-order valence-corrected chi connectivity index (χ2v) is 13.2. The van der Waals surface area contributed by atoms with Crippen molar-refractivity contribution >= 4 is 27.9 Å². The van der Waals surface area contributed by atoms with Gasteiger partial charge in [0, 0.05) is 12.7 Å². The van der Waals surface area contributed by atoms with Gasteiger partial charge in [0.15, 0.2) is 5.03 Å². The van der Waals surface area contributed by atoms with Crippen LogP contribution in [0.2, 0.25) is 0 Å². The normalized spacial score (nSPS) is 12.3. The maximum atomic E-state index is 13.7. The third kappa shape index (κ3) is 8.58. The molecule has 0 unspecified atom stereocenters. The summed E-state index contributed by atoms with van der Waals surface area (Å²) in [6.45, 7) is 10.7. The molecule has 0 radical (unpaired) electrons. The third-order valence-corrected chi connectivity index (χ3v) is 8.24. The molecular formula is C30H38N4O6S. The summed E-state index contributed by atoms with van der Waals surface area (Å²) in [7, 11) is -4.05. The van der Waals surface area contributed by atoms with Crippen LogP contribution in [0.25, 0.3) is 0 Å². The first-order valence-electron chi connectivity index (χ1n) is 13.3. The van der Waals surface area contributed by atoms with Crippen molar-refractivity contribution in [2.24, 2.45) is 0 Å². The topological polar surface area (TPSA) is 130 Å². The summed E-state index contributed by atoms with van der Waals surface area (Å²) in [6, 6.07) is 17.2. The maximum absolute atomic E-state index is 13.7. The summed E-state index contributed by atoms with van der Waals surface area (Å²) in [5.74, 6) is -1.22. The van der Waals surface area contributed by atoms with Gasteiger partial charge in [-0.25, -0.2) is 23.2 Å². The van der Waals surface area contributed by atoms with Crippen LogP contribution >= 0.6 is 0 Å². The molecule has 0 bridgehead atoms. The van der Waals surface area contributed by atoms with Crippen molar-refractivity contribution in [3.05, 3.63) is 83.7 Å². The molecule has 220 valence electrons. The van der Waals surface area contributed by atoms with Gasteiger partial charge in [0.1, 0.15) is 18.0 Å². The number of ether oxygens (including phenoxy) is 1. The number of benzene rings is 1. The Kier molecular flexibility index (Phi) is 9.88. The van der Waals surface area contributed by atoms with Crippen LogP contribution in [0.5, 0.6) is 0 Å². The number of sulfonamides is 1. The maximum Gasteiger partial charge on any atom is 0.416 e. The van der Waals surface area contributed by atoms with E-state index in [1.165, 1.54) is 22.6 Å². The number of carboxylic acids is 1. The third-order valence-electron chi connectivity index (χ3n) is 6.53. The molecule has 0 saturated carbocycles. The molecule has 10 nitrogen and oxygen atoms in total. The van der Waals surface area contributed by atoms with Gasteiger partial charge in [0.25, 0.3) is 10.0 Å². The lowest BCUT2D eigenvalue weighted by Crippen LogP contribution is -2.40. The van der Waals surface area contributed by atoms with Crippen molar-refractivity contribution in [1.29, 1.82) is 0 Å². The van der Waals surface area contributed by atoms with Crippen molar-refractivity contribution < 1.29 is 27.9 Å². The number of carboxylic acid groups (broad SMARTS) is 1. The molecule has 1 amide bonds. The summed E-state index contributed by atoms with van der Waals surface area (Å²) in [6.07, 6.45) is 1.49. The number of anilines is 1. The highest BCUT2D eigenvalue weighted by atomic mass is 32.2. The second kappa shape index (κ2) is 12.8. The molecule has 3 rings (SSSR count). The van der Waals surface area contributed by atoms with Gasteiger partial charge in [-0.1, -0.05) is 57.2 Å². The molecular weight excluding hydrogens is 544 g/mol. The monoisotopic (exact) mass is 582 g/mol. The van der Waals surface area contributed by atoms with E-state index in [2.05, 4.69) is 30.7 Å². The number of carbonyl (C=O) groups excluding carboxylic acids is 1. The number of rotatable bonds is 11. The number of amides is 1. The molecule has 3 aromatic rings. The Bertz CT molecular complexity index is 1450. The standard InChI is InChI=1S/C30H38N4O6S/c1-7-30(5,6)23-16-14-22(15-17-23)19-33(41(38,39)26-13-8-9-18-31-26)20-24-11-10-12-25(32-24)34(21-27(35)36)28(37)40-29(2,3)4/h8-18H,7,19-21H2,1-6H3,(H,35,36). The first kappa shape index (κ1) is 31.7. The minimum Gasteiger partial charge on any atom is -0.480 e. The lowest BCUT2D eigenvalue weighted by Gasteiger charge is -2.26. The highest BCUT2D eigenvalue weighted by molar-refractivity contribution is 7.89. The quantitative estimate of drug-likeness (QED) is 0.319. The van der Waals surface area contributed by atoms with Gasteiger partial charge in [0.05, 0.1) is 12.2 Å². The molecule has 0 fully saturated rings.